The number of hydrogen-bond acceptors (Lipinski definition) is 2. The van der Waals surface area contributed by atoms with E-state index in [4.69, 9.17) is 4.74 Å². The van der Waals surface area contributed by atoms with E-state index < -0.39 is 0 Å². The standard InChI is InChI=1S/C14H19NO/c1-4-5-10-15-11-12(2)13-6-8-14(16-3)9-7-13/h6-9,12,15H,10-11H2,1-3H3. The lowest BCUT2D eigenvalue weighted by Crippen LogP contribution is -2.20. The quantitative estimate of drug-likeness (QED) is 0.604. The number of benzene rings is 1. The Morgan fingerprint density at radius 3 is 2.56 bits per heavy atom. The van der Waals surface area contributed by atoms with Gasteiger partial charge in [-0.1, -0.05) is 25.0 Å². The third-order valence-corrected chi connectivity index (χ3v) is 2.53. The Morgan fingerprint density at radius 2 is 2.00 bits per heavy atom. The van der Waals surface area contributed by atoms with Gasteiger partial charge in [-0.25, -0.2) is 0 Å². The summed E-state index contributed by atoms with van der Waals surface area (Å²) in [4.78, 5) is 0. The first-order valence-electron chi connectivity index (χ1n) is 5.52. The zero-order valence-corrected chi connectivity index (χ0v) is 10.2. The average molecular weight is 217 g/mol. The summed E-state index contributed by atoms with van der Waals surface area (Å²) in [6.07, 6.45) is 0. The van der Waals surface area contributed by atoms with Crippen LogP contribution in [0.2, 0.25) is 0 Å². The molecule has 0 heterocycles. The second-order valence-electron chi connectivity index (χ2n) is 3.73. The highest BCUT2D eigenvalue weighted by molar-refractivity contribution is 5.29. The van der Waals surface area contributed by atoms with Gasteiger partial charge in [0.2, 0.25) is 0 Å². The molecule has 86 valence electrons. The Morgan fingerprint density at radius 1 is 1.31 bits per heavy atom. The molecule has 2 heteroatoms. The molecule has 1 rings (SSSR count). The second-order valence-corrected chi connectivity index (χ2v) is 3.73. The van der Waals surface area contributed by atoms with Gasteiger partial charge in [-0.15, -0.1) is 5.92 Å². The second kappa shape index (κ2) is 6.92. The van der Waals surface area contributed by atoms with E-state index in [1.165, 1.54) is 5.56 Å². The largest absolute Gasteiger partial charge is 0.497 e. The molecule has 0 radical (unpaired) electrons. The van der Waals surface area contributed by atoms with Gasteiger partial charge in [-0.3, -0.25) is 0 Å². The molecule has 0 aromatic heterocycles. The Balaban J connectivity index is 2.44. The zero-order valence-electron chi connectivity index (χ0n) is 10.2. The van der Waals surface area contributed by atoms with Crippen LogP contribution in [-0.2, 0) is 0 Å². The van der Waals surface area contributed by atoms with Crippen molar-refractivity contribution < 1.29 is 4.74 Å². The minimum atomic E-state index is 0.490. The maximum atomic E-state index is 5.13. The zero-order chi connectivity index (χ0) is 11.8. The van der Waals surface area contributed by atoms with Gasteiger partial charge >= 0.3 is 0 Å². The number of ether oxygens (including phenoxy) is 1. The molecule has 0 bridgehead atoms. The van der Waals surface area contributed by atoms with Crippen LogP contribution in [0.5, 0.6) is 5.75 Å². The van der Waals surface area contributed by atoms with Gasteiger partial charge in [0.05, 0.1) is 13.7 Å². The molecule has 1 unspecified atom stereocenters. The monoisotopic (exact) mass is 217 g/mol. The maximum Gasteiger partial charge on any atom is 0.118 e. The number of nitrogens with one attached hydrogen (secondary N) is 1. The molecule has 0 saturated carbocycles. The van der Waals surface area contributed by atoms with Gasteiger partial charge < -0.3 is 10.1 Å². The molecule has 0 spiro atoms. The normalized spacial score (nSPS) is 11.4. The van der Waals surface area contributed by atoms with Crippen molar-refractivity contribution in [2.75, 3.05) is 20.2 Å². The predicted octanol–water partition coefficient (Wildman–Crippen LogP) is 2.41. The Bertz CT molecular complexity index is 359. The van der Waals surface area contributed by atoms with E-state index in [-0.39, 0.29) is 0 Å². The van der Waals surface area contributed by atoms with E-state index >= 15 is 0 Å². The Labute approximate surface area is 98.0 Å². The fourth-order valence-electron chi connectivity index (χ4n) is 1.49. The van der Waals surface area contributed by atoms with Crippen LogP contribution in [0.15, 0.2) is 24.3 Å². The molecule has 16 heavy (non-hydrogen) atoms. The minimum Gasteiger partial charge on any atom is -0.497 e. The molecule has 0 amide bonds. The first-order chi connectivity index (χ1) is 7.77. The molecular formula is C14H19NO. The molecular weight excluding hydrogens is 198 g/mol. The molecule has 1 N–H and O–H groups in total. The molecule has 1 atom stereocenters. The lowest BCUT2D eigenvalue weighted by Gasteiger charge is -2.12. The fourth-order valence-corrected chi connectivity index (χ4v) is 1.49. The van der Waals surface area contributed by atoms with Gasteiger partial charge in [0.1, 0.15) is 5.75 Å². The smallest absolute Gasteiger partial charge is 0.118 e. The third-order valence-electron chi connectivity index (χ3n) is 2.53. The van der Waals surface area contributed by atoms with Crippen molar-refractivity contribution in [2.45, 2.75) is 19.8 Å². The summed E-state index contributed by atoms with van der Waals surface area (Å²) in [6, 6.07) is 8.21. The molecule has 1 aromatic rings. The van der Waals surface area contributed by atoms with Crippen LogP contribution in [0.25, 0.3) is 0 Å². The topological polar surface area (TPSA) is 21.3 Å². The lowest BCUT2D eigenvalue weighted by molar-refractivity contribution is 0.414. The first kappa shape index (κ1) is 12.6. The molecule has 2 nitrogen and oxygen atoms in total. The van der Waals surface area contributed by atoms with Gasteiger partial charge in [0, 0.05) is 6.54 Å². The summed E-state index contributed by atoms with van der Waals surface area (Å²) in [5.41, 5.74) is 1.32. The molecule has 0 saturated heterocycles. The highest BCUT2D eigenvalue weighted by Gasteiger charge is 2.04. The highest BCUT2D eigenvalue weighted by atomic mass is 16.5. The molecule has 1 aromatic carbocycles. The summed E-state index contributed by atoms with van der Waals surface area (Å²) in [5.74, 6) is 7.25. The van der Waals surface area contributed by atoms with Crippen molar-refractivity contribution in [2.24, 2.45) is 0 Å². The Kier molecular flexibility index (Phi) is 5.45. The van der Waals surface area contributed by atoms with Crippen LogP contribution in [0.1, 0.15) is 25.3 Å². The number of rotatable bonds is 5. The van der Waals surface area contributed by atoms with Gasteiger partial charge in [-0.2, -0.15) is 0 Å². The summed E-state index contributed by atoms with van der Waals surface area (Å²) < 4.78 is 5.13. The van der Waals surface area contributed by atoms with Gasteiger partial charge in [0.25, 0.3) is 0 Å². The van der Waals surface area contributed by atoms with Gasteiger partial charge in [-0.05, 0) is 30.5 Å². The summed E-state index contributed by atoms with van der Waals surface area (Å²) >= 11 is 0. The summed E-state index contributed by atoms with van der Waals surface area (Å²) in [6.45, 7) is 5.76. The maximum absolute atomic E-state index is 5.13. The van der Waals surface area contributed by atoms with Crippen LogP contribution in [0, 0.1) is 11.8 Å². The highest BCUT2D eigenvalue weighted by Crippen LogP contribution is 2.18. The SMILES string of the molecule is CC#CCNCC(C)c1ccc(OC)cc1. The molecule has 0 aliphatic rings. The van der Waals surface area contributed by atoms with Crippen LogP contribution < -0.4 is 10.1 Å². The van der Waals surface area contributed by atoms with E-state index in [2.05, 4.69) is 36.2 Å². The predicted molar refractivity (Wildman–Crippen MR) is 67.7 cm³/mol. The number of hydrogen-bond donors (Lipinski definition) is 1. The van der Waals surface area contributed by atoms with Crippen molar-refractivity contribution in [3.63, 3.8) is 0 Å². The number of methoxy groups -OCH3 is 1. The van der Waals surface area contributed by atoms with Crippen molar-refractivity contribution in [1.82, 2.24) is 5.32 Å². The fraction of sp³-hybridized carbons (Fsp3) is 0.429. The van der Waals surface area contributed by atoms with E-state index in [0.717, 1.165) is 18.8 Å². The average Bonchev–Trinajstić information content (AvgIpc) is 2.34. The summed E-state index contributed by atoms with van der Waals surface area (Å²) in [7, 11) is 1.68. The van der Waals surface area contributed by atoms with Crippen LogP contribution in [0.4, 0.5) is 0 Å². The van der Waals surface area contributed by atoms with E-state index in [1.54, 1.807) is 7.11 Å². The van der Waals surface area contributed by atoms with Gasteiger partial charge in [0.15, 0.2) is 0 Å². The third kappa shape index (κ3) is 3.96. The molecule has 0 fully saturated rings. The minimum absolute atomic E-state index is 0.490. The van der Waals surface area contributed by atoms with Crippen molar-refractivity contribution in [3.05, 3.63) is 29.8 Å². The van der Waals surface area contributed by atoms with Crippen LogP contribution in [-0.4, -0.2) is 20.2 Å². The van der Waals surface area contributed by atoms with E-state index in [1.807, 2.05) is 19.1 Å². The Hall–Kier alpha value is -1.46. The van der Waals surface area contributed by atoms with Crippen molar-refractivity contribution >= 4 is 0 Å². The molecule has 0 aliphatic heterocycles. The molecule has 0 aliphatic carbocycles. The lowest BCUT2D eigenvalue weighted by atomic mass is 10.0. The van der Waals surface area contributed by atoms with E-state index in [0.29, 0.717) is 5.92 Å². The summed E-state index contributed by atoms with van der Waals surface area (Å²) in [5, 5.41) is 3.31. The van der Waals surface area contributed by atoms with Crippen molar-refractivity contribution in [3.8, 4) is 17.6 Å². The first-order valence-corrected chi connectivity index (χ1v) is 5.52. The van der Waals surface area contributed by atoms with Crippen LogP contribution >= 0.6 is 0 Å². The van der Waals surface area contributed by atoms with Crippen LogP contribution in [0.3, 0.4) is 0 Å². The van der Waals surface area contributed by atoms with E-state index in [9.17, 15) is 0 Å². The van der Waals surface area contributed by atoms with Crippen molar-refractivity contribution in [1.29, 1.82) is 0 Å².